The molecule has 0 saturated carbocycles. The van der Waals surface area contributed by atoms with Crippen molar-refractivity contribution >= 4 is 41.0 Å². The van der Waals surface area contributed by atoms with E-state index in [1.54, 1.807) is 23.1 Å². The minimum atomic E-state index is -1.04. The summed E-state index contributed by atoms with van der Waals surface area (Å²) < 4.78 is 0. The summed E-state index contributed by atoms with van der Waals surface area (Å²) in [7, 11) is 0. The van der Waals surface area contributed by atoms with Crippen molar-refractivity contribution in [2.75, 3.05) is 19.6 Å². The van der Waals surface area contributed by atoms with Gasteiger partial charge in [-0.05, 0) is 37.5 Å². The van der Waals surface area contributed by atoms with Gasteiger partial charge in [0.25, 0.3) is 5.91 Å². The number of carbonyl (C=O) groups excluding carboxylic acids is 2. The fourth-order valence-electron chi connectivity index (χ4n) is 3.07. The van der Waals surface area contributed by atoms with Crippen LogP contribution in [-0.4, -0.2) is 58.4 Å². The maximum Gasteiger partial charge on any atom is 0.323 e. The van der Waals surface area contributed by atoms with Crippen LogP contribution in [0.15, 0.2) is 18.2 Å². The second-order valence-electron chi connectivity index (χ2n) is 6.04. The molecule has 1 aliphatic rings. The number of carboxylic acids is 1. The molecule has 1 aromatic carbocycles. The highest BCUT2D eigenvalue weighted by atomic mass is 35.5. The van der Waals surface area contributed by atoms with E-state index >= 15 is 0 Å². The molecule has 136 valence electrons. The van der Waals surface area contributed by atoms with Gasteiger partial charge in [-0.2, -0.15) is 0 Å². The van der Waals surface area contributed by atoms with Crippen molar-refractivity contribution in [1.82, 2.24) is 9.80 Å². The predicted molar refractivity (Wildman–Crippen MR) is 95.0 cm³/mol. The largest absolute Gasteiger partial charge is 0.480 e. The summed E-state index contributed by atoms with van der Waals surface area (Å²) in [5, 5.41) is 9.77. The van der Waals surface area contributed by atoms with E-state index in [-0.39, 0.29) is 24.4 Å². The molecule has 1 fully saturated rings. The van der Waals surface area contributed by atoms with Gasteiger partial charge in [0, 0.05) is 31.1 Å². The highest BCUT2D eigenvalue weighted by Crippen LogP contribution is 2.24. The Morgan fingerprint density at radius 3 is 2.60 bits per heavy atom. The molecule has 6 nitrogen and oxygen atoms in total. The SMILES string of the molecule is CC(=O)N(CC(=O)O)C1CCCN(C(=O)c2cc(Cl)ccc2Cl)CC1. The maximum atomic E-state index is 12.7. The minimum absolute atomic E-state index is 0.193. The van der Waals surface area contributed by atoms with Gasteiger partial charge in [0.2, 0.25) is 5.91 Å². The van der Waals surface area contributed by atoms with Crippen molar-refractivity contribution < 1.29 is 19.5 Å². The average molecular weight is 387 g/mol. The molecule has 2 amide bonds. The number of hydrogen-bond acceptors (Lipinski definition) is 3. The first-order valence-corrected chi connectivity index (χ1v) is 8.78. The predicted octanol–water partition coefficient (Wildman–Crippen LogP) is 2.92. The third-order valence-electron chi connectivity index (χ3n) is 4.29. The van der Waals surface area contributed by atoms with E-state index in [2.05, 4.69) is 0 Å². The molecule has 0 bridgehead atoms. The monoisotopic (exact) mass is 386 g/mol. The fourth-order valence-corrected chi connectivity index (χ4v) is 3.44. The van der Waals surface area contributed by atoms with Crippen LogP contribution < -0.4 is 0 Å². The zero-order chi connectivity index (χ0) is 18.6. The third kappa shape index (κ3) is 5.09. The van der Waals surface area contributed by atoms with Gasteiger partial charge in [0.05, 0.1) is 10.6 Å². The summed E-state index contributed by atoms with van der Waals surface area (Å²) in [5.74, 6) is -1.52. The Bertz CT molecular complexity index is 681. The molecule has 1 unspecified atom stereocenters. The molecule has 2 rings (SSSR count). The standard InChI is InChI=1S/C17H20Cl2N2O4/c1-11(22)21(10-16(23)24)13-3-2-7-20(8-6-13)17(25)14-9-12(18)4-5-15(14)19/h4-5,9,13H,2-3,6-8,10H2,1H3,(H,23,24). The van der Waals surface area contributed by atoms with Crippen LogP contribution in [0.4, 0.5) is 0 Å². The van der Waals surface area contributed by atoms with Crippen LogP contribution in [0.25, 0.3) is 0 Å². The number of benzene rings is 1. The lowest BCUT2D eigenvalue weighted by atomic mass is 10.1. The molecule has 25 heavy (non-hydrogen) atoms. The quantitative estimate of drug-likeness (QED) is 0.862. The Morgan fingerprint density at radius 2 is 1.96 bits per heavy atom. The lowest BCUT2D eigenvalue weighted by Gasteiger charge is -2.29. The van der Waals surface area contributed by atoms with E-state index in [0.29, 0.717) is 48.0 Å². The van der Waals surface area contributed by atoms with Crippen LogP contribution in [0.1, 0.15) is 36.5 Å². The lowest BCUT2D eigenvalue weighted by molar-refractivity contribution is -0.145. The fraction of sp³-hybridized carbons (Fsp3) is 0.471. The Labute approximate surface area is 156 Å². The van der Waals surface area contributed by atoms with E-state index < -0.39 is 5.97 Å². The van der Waals surface area contributed by atoms with Crippen molar-refractivity contribution in [3.05, 3.63) is 33.8 Å². The van der Waals surface area contributed by atoms with Gasteiger partial charge in [-0.1, -0.05) is 23.2 Å². The van der Waals surface area contributed by atoms with Gasteiger partial charge in [0.15, 0.2) is 0 Å². The highest BCUT2D eigenvalue weighted by Gasteiger charge is 2.28. The number of likely N-dealkylation sites (tertiary alicyclic amines) is 1. The van der Waals surface area contributed by atoms with E-state index in [1.165, 1.54) is 11.8 Å². The molecule has 1 aliphatic heterocycles. The van der Waals surface area contributed by atoms with Crippen molar-refractivity contribution in [3.8, 4) is 0 Å². The van der Waals surface area contributed by atoms with Crippen LogP contribution in [0.2, 0.25) is 10.0 Å². The molecular formula is C17H20Cl2N2O4. The molecule has 1 N–H and O–H groups in total. The summed E-state index contributed by atoms with van der Waals surface area (Å²) in [6.07, 6.45) is 1.86. The molecule has 8 heteroatoms. The molecule has 0 aromatic heterocycles. The van der Waals surface area contributed by atoms with E-state index in [0.717, 1.165) is 0 Å². The zero-order valence-electron chi connectivity index (χ0n) is 13.9. The summed E-state index contributed by atoms with van der Waals surface area (Å²) in [4.78, 5) is 38.5. The molecule has 1 saturated heterocycles. The zero-order valence-corrected chi connectivity index (χ0v) is 15.4. The average Bonchev–Trinajstić information content (AvgIpc) is 2.79. The number of halogens is 2. The number of carbonyl (C=O) groups is 3. The summed E-state index contributed by atoms with van der Waals surface area (Å²) in [6, 6.07) is 4.56. The van der Waals surface area contributed by atoms with Crippen LogP contribution in [0, 0.1) is 0 Å². The second kappa shape index (κ2) is 8.54. The van der Waals surface area contributed by atoms with Gasteiger partial charge < -0.3 is 14.9 Å². The first-order valence-electron chi connectivity index (χ1n) is 8.03. The van der Waals surface area contributed by atoms with Crippen LogP contribution in [0.3, 0.4) is 0 Å². The number of hydrogen-bond donors (Lipinski definition) is 1. The number of nitrogens with zero attached hydrogens (tertiary/aromatic N) is 2. The smallest absolute Gasteiger partial charge is 0.323 e. The van der Waals surface area contributed by atoms with Gasteiger partial charge in [-0.3, -0.25) is 14.4 Å². The van der Waals surface area contributed by atoms with E-state index in [1.807, 2.05) is 0 Å². The second-order valence-corrected chi connectivity index (χ2v) is 6.89. The van der Waals surface area contributed by atoms with Crippen LogP contribution >= 0.6 is 23.2 Å². The van der Waals surface area contributed by atoms with Crippen molar-refractivity contribution in [1.29, 1.82) is 0 Å². The molecule has 0 spiro atoms. The van der Waals surface area contributed by atoms with Gasteiger partial charge in [0.1, 0.15) is 6.54 Å². The first-order chi connectivity index (χ1) is 11.8. The molecular weight excluding hydrogens is 367 g/mol. The summed E-state index contributed by atoms with van der Waals surface area (Å²) >= 11 is 12.1. The molecule has 1 heterocycles. The third-order valence-corrected chi connectivity index (χ3v) is 4.86. The Hall–Kier alpha value is -1.79. The summed E-state index contributed by atoms with van der Waals surface area (Å²) in [5.41, 5.74) is 0.349. The summed E-state index contributed by atoms with van der Waals surface area (Å²) in [6.45, 7) is 1.99. The Balaban J connectivity index is 2.10. The number of carboxylic acid groups (broad SMARTS) is 1. The van der Waals surface area contributed by atoms with Gasteiger partial charge in [-0.25, -0.2) is 0 Å². The van der Waals surface area contributed by atoms with Crippen molar-refractivity contribution in [3.63, 3.8) is 0 Å². The molecule has 1 atom stereocenters. The topological polar surface area (TPSA) is 77.9 Å². The van der Waals surface area contributed by atoms with Crippen molar-refractivity contribution in [2.24, 2.45) is 0 Å². The molecule has 0 radical (unpaired) electrons. The molecule has 1 aromatic rings. The van der Waals surface area contributed by atoms with Crippen LogP contribution in [-0.2, 0) is 9.59 Å². The minimum Gasteiger partial charge on any atom is -0.480 e. The van der Waals surface area contributed by atoms with E-state index in [9.17, 15) is 14.4 Å². The van der Waals surface area contributed by atoms with E-state index in [4.69, 9.17) is 28.3 Å². The molecule has 0 aliphatic carbocycles. The number of amides is 2. The Kier molecular flexibility index (Phi) is 6.67. The normalized spacial score (nSPS) is 17.7. The van der Waals surface area contributed by atoms with Crippen molar-refractivity contribution in [2.45, 2.75) is 32.2 Å². The number of rotatable bonds is 4. The van der Waals surface area contributed by atoms with Gasteiger partial charge >= 0.3 is 5.97 Å². The number of aliphatic carboxylic acids is 1. The van der Waals surface area contributed by atoms with Crippen LogP contribution in [0.5, 0.6) is 0 Å². The maximum absolute atomic E-state index is 12.7. The van der Waals surface area contributed by atoms with Gasteiger partial charge in [-0.15, -0.1) is 0 Å². The highest BCUT2D eigenvalue weighted by molar-refractivity contribution is 6.35. The first kappa shape index (κ1) is 19.5. The Morgan fingerprint density at radius 1 is 1.24 bits per heavy atom. The lowest BCUT2D eigenvalue weighted by Crippen LogP contribution is -2.43.